The third-order valence-corrected chi connectivity index (χ3v) is 8.55. The molecule has 0 saturated carbocycles. The molecule has 2 atom stereocenters. The highest BCUT2D eigenvalue weighted by atomic mass is 32.1. The first kappa shape index (κ1) is 29.7. The molecule has 5 rings (SSSR count). The van der Waals surface area contributed by atoms with Crippen molar-refractivity contribution in [3.63, 3.8) is 0 Å². The van der Waals surface area contributed by atoms with E-state index in [2.05, 4.69) is 26.2 Å². The number of thiophene rings is 1. The van der Waals surface area contributed by atoms with E-state index in [1.165, 1.54) is 0 Å². The van der Waals surface area contributed by atoms with Crippen molar-refractivity contribution in [2.24, 2.45) is 10.1 Å². The number of hydrogen-bond donors (Lipinski definition) is 1. The fraction of sp³-hybridized carbons (Fsp3) is 0.586. The molecule has 0 bridgehead atoms. The number of aliphatic hydroxyl groups is 1. The lowest BCUT2D eigenvalue weighted by Gasteiger charge is -2.27. The Kier molecular flexibility index (Phi) is 8.39. The van der Waals surface area contributed by atoms with E-state index >= 15 is 0 Å². The molecule has 1 amide bonds. The van der Waals surface area contributed by atoms with E-state index in [4.69, 9.17) is 9.57 Å². The molecule has 12 nitrogen and oxygen atoms in total. The minimum absolute atomic E-state index is 0.136. The SMILES string of the molecule is CN(C)/C=N/c1sc2c(c1C#N)[C@@H](C1=NOC(O)(c3ccnc(N4CCCN(C(=O)OC(C)(C)C)CC4)n3)C1)CCC2. The fourth-order valence-electron chi connectivity index (χ4n) is 5.46. The lowest BCUT2D eigenvalue weighted by molar-refractivity contribution is -0.196. The van der Waals surface area contributed by atoms with Crippen LogP contribution in [0.2, 0.25) is 0 Å². The third kappa shape index (κ3) is 6.34. The van der Waals surface area contributed by atoms with Crippen molar-refractivity contribution in [3.05, 3.63) is 34.0 Å². The van der Waals surface area contributed by atoms with Crippen LogP contribution in [0.25, 0.3) is 0 Å². The monoisotopic (exact) mass is 594 g/mol. The lowest BCUT2D eigenvalue weighted by Crippen LogP contribution is -2.39. The quantitative estimate of drug-likeness (QED) is 0.400. The Balaban J connectivity index is 1.31. The Morgan fingerprint density at radius 3 is 2.86 bits per heavy atom. The molecule has 2 aromatic rings. The molecule has 1 fully saturated rings. The largest absolute Gasteiger partial charge is 0.444 e. The number of anilines is 1. The normalized spacial score (nSPS) is 22.7. The minimum atomic E-state index is -1.74. The fourth-order valence-corrected chi connectivity index (χ4v) is 6.65. The highest BCUT2D eigenvalue weighted by Gasteiger charge is 2.45. The predicted molar refractivity (Wildman–Crippen MR) is 160 cm³/mol. The summed E-state index contributed by atoms with van der Waals surface area (Å²) >= 11 is 1.55. The maximum Gasteiger partial charge on any atom is 0.410 e. The molecule has 2 aromatic heterocycles. The molecule has 224 valence electrons. The number of carbonyl (C=O) groups excluding carboxylic acids is 1. The lowest BCUT2D eigenvalue weighted by atomic mass is 9.80. The average molecular weight is 595 g/mol. The Morgan fingerprint density at radius 2 is 2.12 bits per heavy atom. The molecule has 4 heterocycles. The summed E-state index contributed by atoms with van der Waals surface area (Å²) in [5.41, 5.74) is 1.98. The van der Waals surface area contributed by atoms with Crippen LogP contribution in [0, 0.1) is 11.3 Å². The number of fused-ring (bicyclic) bond motifs is 1. The maximum absolute atomic E-state index is 12.6. The number of aromatic nitrogens is 2. The van der Waals surface area contributed by atoms with Crippen molar-refractivity contribution in [2.45, 2.75) is 70.2 Å². The number of carbonyl (C=O) groups is 1. The van der Waals surface area contributed by atoms with Crippen molar-refractivity contribution in [1.29, 1.82) is 5.26 Å². The van der Waals surface area contributed by atoms with Crippen LogP contribution in [0.1, 0.15) is 74.1 Å². The molecule has 0 aromatic carbocycles. The Morgan fingerprint density at radius 1 is 1.31 bits per heavy atom. The van der Waals surface area contributed by atoms with Crippen molar-refractivity contribution in [3.8, 4) is 6.07 Å². The number of rotatable bonds is 5. The van der Waals surface area contributed by atoms with Gasteiger partial charge in [0.05, 0.1) is 24.0 Å². The van der Waals surface area contributed by atoms with Crippen LogP contribution in [0.5, 0.6) is 0 Å². The highest BCUT2D eigenvalue weighted by molar-refractivity contribution is 7.16. The molecule has 0 spiro atoms. The van der Waals surface area contributed by atoms with E-state index in [-0.39, 0.29) is 18.4 Å². The van der Waals surface area contributed by atoms with E-state index in [1.807, 2.05) is 44.7 Å². The smallest absolute Gasteiger partial charge is 0.410 e. The summed E-state index contributed by atoms with van der Waals surface area (Å²) in [6.07, 6.45) is 6.49. The molecule has 0 radical (unpaired) electrons. The van der Waals surface area contributed by atoms with Gasteiger partial charge in [-0.3, -0.25) is 0 Å². The molecule has 3 aliphatic rings. The number of hydrogen-bond acceptors (Lipinski definition) is 11. The summed E-state index contributed by atoms with van der Waals surface area (Å²) in [5, 5.41) is 26.7. The van der Waals surface area contributed by atoms with Crippen LogP contribution in [0.15, 0.2) is 22.4 Å². The first-order chi connectivity index (χ1) is 20.0. The number of ether oxygens (including phenoxy) is 1. The topological polar surface area (TPSA) is 140 Å². The molecule has 1 N–H and O–H groups in total. The first-order valence-corrected chi connectivity index (χ1v) is 15.1. The van der Waals surface area contributed by atoms with E-state index in [1.54, 1.807) is 34.8 Å². The van der Waals surface area contributed by atoms with Crippen molar-refractivity contribution in [2.75, 3.05) is 45.2 Å². The summed E-state index contributed by atoms with van der Waals surface area (Å²) in [4.78, 5) is 38.6. The summed E-state index contributed by atoms with van der Waals surface area (Å²) in [6.45, 7) is 7.80. The molecule has 1 aliphatic carbocycles. The number of nitriles is 1. The van der Waals surface area contributed by atoms with Gasteiger partial charge in [-0.15, -0.1) is 11.3 Å². The maximum atomic E-state index is 12.6. The Labute approximate surface area is 250 Å². The average Bonchev–Trinajstić information content (AvgIpc) is 3.42. The van der Waals surface area contributed by atoms with E-state index in [0.717, 1.165) is 36.1 Å². The molecular weight excluding hydrogens is 556 g/mol. The summed E-state index contributed by atoms with van der Waals surface area (Å²) < 4.78 is 5.54. The molecule has 42 heavy (non-hydrogen) atoms. The summed E-state index contributed by atoms with van der Waals surface area (Å²) in [5.74, 6) is -1.42. The van der Waals surface area contributed by atoms with Crippen LogP contribution in [0.4, 0.5) is 15.7 Å². The molecule has 1 saturated heterocycles. The Hall–Kier alpha value is -3.76. The third-order valence-electron chi connectivity index (χ3n) is 7.38. The van der Waals surface area contributed by atoms with Crippen LogP contribution in [0.3, 0.4) is 0 Å². The number of oxime groups is 1. The molecule has 1 unspecified atom stereocenters. The van der Waals surface area contributed by atoms with Crippen LogP contribution in [-0.2, 0) is 21.8 Å². The zero-order valence-electron chi connectivity index (χ0n) is 24.8. The summed E-state index contributed by atoms with van der Waals surface area (Å²) in [6, 6.07) is 4.00. The minimum Gasteiger partial charge on any atom is -0.444 e. The zero-order valence-corrected chi connectivity index (χ0v) is 25.6. The van der Waals surface area contributed by atoms with Gasteiger partial charge < -0.3 is 29.4 Å². The summed E-state index contributed by atoms with van der Waals surface area (Å²) in [7, 11) is 3.78. The van der Waals surface area contributed by atoms with E-state index in [0.29, 0.717) is 54.1 Å². The Bertz CT molecular complexity index is 1430. The van der Waals surface area contributed by atoms with Gasteiger partial charge in [-0.25, -0.2) is 19.8 Å². The van der Waals surface area contributed by atoms with E-state index < -0.39 is 11.4 Å². The molecule has 2 aliphatic heterocycles. The van der Waals surface area contributed by atoms with Crippen LogP contribution < -0.4 is 4.90 Å². The molecular formula is C29H38N8O4S. The number of nitrogens with zero attached hydrogens (tertiary/aromatic N) is 8. The van der Waals surface area contributed by atoms with Gasteiger partial charge in [0, 0.05) is 57.3 Å². The van der Waals surface area contributed by atoms with Gasteiger partial charge in [0.15, 0.2) is 0 Å². The van der Waals surface area contributed by atoms with Crippen molar-refractivity contribution < 1.29 is 19.5 Å². The van der Waals surface area contributed by atoms with Gasteiger partial charge >= 0.3 is 6.09 Å². The van der Waals surface area contributed by atoms with Gasteiger partial charge in [-0.05, 0) is 58.1 Å². The van der Waals surface area contributed by atoms with Crippen molar-refractivity contribution >= 4 is 40.4 Å². The first-order valence-electron chi connectivity index (χ1n) is 14.3. The zero-order chi connectivity index (χ0) is 30.1. The van der Waals surface area contributed by atoms with Crippen LogP contribution in [-0.4, -0.2) is 88.9 Å². The van der Waals surface area contributed by atoms with Gasteiger partial charge in [0.25, 0.3) is 5.79 Å². The van der Waals surface area contributed by atoms with Gasteiger partial charge in [0.1, 0.15) is 22.4 Å². The van der Waals surface area contributed by atoms with Gasteiger partial charge in [-0.2, -0.15) is 5.26 Å². The highest BCUT2D eigenvalue weighted by Crippen LogP contribution is 2.47. The molecule has 13 heteroatoms. The number of aryl methyl sites for hydroxylation is 1. The number of amides is 1. The van der Waals surface area contributed by atoms with Gasteiger partial charge in [0.2, 0.25) is 5.95 Å². The van der Waals surface area contributed by atoms with Crippen molar-refractivity contribution in [1.82, 2.24) is 19.8 Å². The second-order valence-electron chi connectivity index (χ2n) is 12.1. The van der Waals surface area contributed by atoms with E-state index in [9.17, 15) is 15.2 Å². The second-order valence-corrected chi connectivity index (χ2v) is 13.2. The predicted octanol–water partition coefficient (Wildman–Crippen LogP) is 4.12. The van der Waals surface area contributed by atoms with Gasteiger partial charge in [-0.1, -0.05) is 5.16 Å². The number of aliphatic imine (C=N–C) groups is 1. The standard InChI is InChI=1S/C29H38N8O4S/c1-28(2,3)40-27(38)37-13-7-12-36(14-15-37)26-31-11-10-23(33-26)29(39)16-21(34-41-29)19-8-6-9-22-24(19)20(17-30)25(42-22)32-18-35(4)5/h10-11,18-19,39H,6-9,12-16H2,1-5H3/b32-18+/t19-,29?/m1/s1. The van der Waals surface area contributed by atoms with Crippen LogP contribution >= 0.6 is 11.3 Å². The second kappa shape index (κ2) is 11.9.